The zero-order chi connectivity index (χ0) is 21.8. The number of benzene rings is 2. The van der Waals surface area contributed by atoms with Crippen molar-refractivity contribution in [2.24, 2.45) is 0 Å². The molecular formula is C23H24ClFN4O2. The fourth-order valence-electron chi connectivity index (χ4n) is 3.56. The molecule has 0 bridgehead atoms. The molecule has 0 aliphatic carbocycles. The van der Waals surface area contributed by atoms with Crippen LogP contribution in [-0.2, 0) is 13.3 Å². The molecule has 1 amide bonds. The van der Waals surface area contributed by atoms with Crippen LogP contribution < -0.4 is 4.74 Å². The van der Waals surface area contributed by atoms with Crippen LogP contribution in [0.15, 0.2) is 54.7 Å². The minimum Gasteiger partial charge on any atom is -0.471 e. The third-order valence-corrected chi connectivity index (χ3v) is 5.73. The molecule has 162 valence electrons. The topological polar surface area (TPSA) is 50.6 Å². The second kappa shape index (κ2) is 9.49. The van der Waals surface area contributed by atoms with Crippen LogP contribution in [0.25, 0.3) is 0 Å². The second-order valence-electron chi connectivity index (χ2n) is 7.58. The van der Waals surface area contributed by atoms with E-state index in [4.69, 9.17) is 16.3 Å². The predicted molar refractivity (Wildman–Crippen MR) is 117 cm³/mol. The fourth-order valence-corrected chi connectivity index (χ4v) is 3.79. The highest BCUT2D eigenvalue weighted by atomic mass is 35.5. The first-order valence-electron chi connectivity index (χ1n) is 10.2. The van der Waals surface area contributed by atoms with Crippen molar-refractivity contribution in [1.29, 1.82) is 0 Å². The Bertz CT molecular complexity index is 1060. The van der Waals surface area contributed by atoms with Crippen molar-refractivity contribution in [3.8, 4) is 5.75 Å². The van der Waals surface area contributed by atoms with E-state index in [1.165, 1.54) is 12.1 Å². The predicted octanol–water partition coefficient (Wildman–Crippen LogP) is 3.98. The van der Waals surface area contributed by atoms with E-state index in [1.54, 1.807) is 27.9 Å². The van der Waals surface area contributed by atoms with Gasteiger partial charge in [-0.25, -0.2) is 9.07 Å². The summed E-state index contributed by atoms with van der Waals surface area (Å²) in [5.41, 5.74) is 2.34. The lowest BCUT2D eigenvalue weighted by atomic mass is 10.2. The van der Waals surface area contributed by atoms with Gasteiger partial charge in [0.05, 0.1) is 0 Å². The summed E-state index contributed by atoms with van der Waals surface area (Å²) in [7, 11) is 0. The first-order chi connectivity index (χ1) is 15.0. The van der Waals surface area contributed by atoms with Gasteiger partial charge >= 0.3 is 0 Å². The molecule has 2 aromatic carbocycles. The highest BCUT2D eigenvalue weighted by Crippen LogP contribution is 2.20. The van der Waals surface area contributed by atoms with Crippen molar-refractivity contribution in [2.75, 3.05) is 26.2 Å². The molecule has 0 unspecified atom stereocenters. The van der Waals surface area contributed by atoms with E-state index in [9.17, 15) is 9.18 Å². The molecular weight excluding hydrogens is 419 g/mol. The van der Waals surface area contributed by atoms with Crippen LogP contribution in [0.2, 0.25) is 5.02 Å². The highest BCUT2D eigenvalue weighted by Gasteiger charge is 2.24. The van der Waals surface area contributed by atoms with Crippen LogP contribution in [0.4, 0.5) is 4.39 Å². The van der Waals surface area contributed by atoms with Crippen LogP contribution in [0, 0.1) is 12.7 Å². The standard InChI is InChI=1S/C23H24ClFN4O2/c1-17-4-2-3-5-22(17)31-16-29-9-8-21(26-29)23(30)28-12-10-27(11-13-28)15-18-6-7-19(25)14-20(18)24/h2-9,14H,10-13,15-16H2,1H3. The van der Waals surface area contributed by atoms with Crippen LogP contribution in [0.5, 0.6) is 5.75 Å². The van der Waals surface area contributed by atoms with E-state index in [0.717, 1.165) is 30.0 Å². The highest BCUT2D eigenvalue weighted by molar-refractivity contribution is 6.31. The lowest BCUT2D eigenvalue weighted by molar-refractivity contribution is 0.0620. The van der Waals surface area contributed by atoms with Crippen molar-refractivity contribution < 1.29 is 13.9 Å². The van der Waals surface area contributed by atoms with Gasteiger partial charge in [0.1, 0.15) is 11.6 Å². The average molecular weight is 443 g/mol. The second-order valence-corrected chi connectivity index (χ2v) is 7.99. The van der Waals surface area contributed by atoms with E-state index >= 15 is 0 Å². The lowest BCUT2D eigenvalue weighted by Crippen LogP contribution is -2.48. The summed E-state index contributed by atoms with van der Waals surface area (Å²) < 4.78 is 20.6. The Balaban J connectivity index is 1.29. The monoisotopic (exact) mass is 442 g/mol. The van der Waals surface area contributed by atoms with E-state index in [0.29, 0.717) is 30.4 Å². The van der Waals surface area contributed by atoms with Gasteiger partial charge in [-0.1, -0.05) is 35.9 Å². The van der Waals surface area contributed by atoms with Gasteiger partial charge in [0.2, 0.25) is 0 Å². The summed E-state index contributed by atoms with van der Waals surface area (Å²) in [5.74, 6) is 0.366. The van der Waals surface area contributed by atoms with Crippen LogP contribution in [-0.4, -0.2) is 51.7 Å². The number of carbonyl (C=O) groups excluding carboxylic acids is 1. The molecule has 0 spiro atoms. The Kier molecular flexibility index (Phi) is 6.53. The minimum absolute atomic E-state index is 0.0888. The molecule has 0 N–H and O–H groups in total. The molecule has 8 heteroatoms. The largest absolute Gasteiger partial charge is 0.471 e. The van der Waals surface area contributed by atoms with Gasteiger partial charge in [-0.2, -0.15) is 5.10 Å². The zero-order valence-corrected chi connectivity index (χ0v) is 18.1. The fraction of sp³-hybridized carbons (Fsp3) is 0.304. The Morgan fingerprint density at radius 3 is 2.65 bits per heavy atom. The first kappa shape index (κ1) is 21.3. The first-order valence-corrected chi connectivity index (χ1v) is 10.5. The van der Waals surface area contributed by atoms with Gasteiger partial charge in [0.15, 0.2) is 12.4 Å². The number of rotatable bonds is 6. The number of para-hydroxylation sites is 1. The summed E-state index contributed by atoms with van der Waals surface area (Å²) in [4.78, 5) is 16.8. The third kappa shape index (κ3) is 5.24. The molecule has 0 radical (unpaired) electrons. The minimum atomic E-state index is -0.340. The van der Waals surface area contributed by atoms with Crippen LogP contribution >= 0.6 is 11.6 Å². The van der Waals surface area contributed by atoms with Gasteiger partial charge in [-0.05, 0) is 42.3 Å². The Morgan fingerprint density at radius 1 is 1.13 bits per heavy atom. The summed E-state index contributed by atoms with van der Waals surface area (Å²) in [6.45, 7) is 5.49. The van der Waals surface area contributed by atoms with Crippen molar-refractivity contribution in [2.45, 2.75) is 20.2 Å². The van der Waals surface area contributed by atoms with Crippen molar-refractivity contribution in [3.05, 3.63) is 82.4 Å². The Morgan fingerprint density at radius 2 is 1.90 bits per heavy atom. The molecule has 3 aromatic rings. The molecule has 1 fully saturated rings. The molecule has 6 nitrogen and oxygen atoms in total. The molecule has 4 rings (SSSR count). The molecule has 2 heterocycles. The van der Waals surface area contributed by atoms with Crippen LogP contribution in [0.3, 0.4) is 0 Å². The summed E-state index contributed by atoms with van der Waals surface area (Å²) in [6, 6.07) is 13.9. The van der Waals surface area contributed by atoms with Gasteiger partial charge < -0.3 is 9.64 Å². The smallest absolute Gasteiger partial charge is 0.274 e. The van der Waals surface area contributed by atoms with Crippen molar-refractivity contribution in [1.82, 2.24) is 19.6 Å². The third-order valence-electron chi connectivity index (χ3n) is 5.37. The maximum atomic E-state index is 13.2. The van der Waals surface area contributed by atoms with Gasteiger partial charge in [0, 0.05) is 43.9 Å². The van der Waals surface area contributed by atoms with Gasteiger partial charge in [-0.3, -0.25) is 9.69 Å². The maximum Gasteiger partial charge on any atom is 0.274 e. The molecule has 0 saturated carbocycles. The number of ether oxygens (including phenoxy) is 1. The molecule has 1 aliphatic heterocycles. The van der Waals surface area contributed by atoms with Crippen molar-refractivity contribution in [3.63, 3.8) is 0 Å². The SMILES string of the molecule is Cc1ccccc1OCn1ccc(C(=O)N2CCN(Cc3ccc(F)cc3Cl)CC2)n1. The van der Waals surface area contributed by atoms with E-state index in [2.05, 4.69) is 10.00 Å². The molecule has 0 atom stereocenters. The molecule has 1 saturated heterocycles. The van der Waals surface area contributed by atoms with E-state index in [-0.39, 0.29) is 18.5 Å². The molecule has 1 aliphatic rings. The van der Waals surface area contributed by atoms with E-state index in [1.807, 2.05) is 31.2 Å². The number of aryl methyl sites for hydroxylation is 1. The Hall–Kier alpha value is -2.90. The summed E-state index contributed by atoms with van der Waals surface area (Å²) >= 11 is 6.13. The molecule has 1 aromatic heterocycles. The summed E-state index contributed by atoms with van der Waals surface area (Å²) in [6.07, 6.45) is 1.75. The van der Waals surface area contributed by atoms with Crippen LogP contribution in [0.1, 0.15) is 21.6 Å². The Labute approximate surface area is 185 Å². The van der Waals surface area contributed by atoms with E-state index < -0.39 is 0 Å². The summed E-state index contributed by atoms with van der Waals surface area (Å²) in [5, 5.41) is 4.80. The lowest BCUT2D eigenvalue weighted by Gasteiger charge is -2.34. The molecule has 31 heavy (non-hydrogen) atoms. The van der Waals surface area contributed by atoms with Crippen molar-refractivity contribution >= 4 is 17.5 Å². The number of piperazine rings is 1. The number of nitrogens with zero attached hydrogens (tertiary/aromatic N) is 4. The average Bonchev–Trinajstić information content (AvgIpc) is 3.24. The maximum absolute atomic E-state index is 13.2. The number of hydrogen-bond donors (Lipinski definition) is 0. The number of carbonyl (C=O) groups is 1. The zero-order valence-electron chi connectivity index (χ0n) is 17.3. The van der Waals surface area contributed by atoms with Gasteiger partial charge in [0.25, 0.3) is 5.91 Å². The van der Waals surface area contributed by atoms with Gasteiger partial charge in [-0.15, -0.1) is 0 Å². The normalized spacial score (nSPS) is 14.6. The quantitative estimate of drug-likeness (QED) is 0.579. The number of halogens is 2. The number of hydrogen-bond acceptors (Lipinski definition) is 4. The number of amides is 1. The number of aromatic nitrogens is 2.